The zero-order valence-corrected chi connectivity index (χ0v) is 17.3. The van der Waals surface area contributed by atoms with Crippen LogP contribution in [0.15, 0.2) is 29.3 Å². The van der Waals surface area contributed by atoms with Gasteiger partial charge < -0.3 is 20.7 Å². The Bertz CT molecular complexity index is 655. The Morgan fingerprint density at radius 3 is 2.74 bits per heavy atom. The Morgan fingerprint density at radius 1 is 1.41 bits per heavy atom. The first kappa shape index (κ1) is 23.3. The number of likely N-dealkylation sites (tertiary alicyclic amines) is 1. The van der Waals surface area contributed by atoms with Gasteiger partial charge in [-0.15, -0.1) is 37.1 Å². The summed E-state index contributed by atoms with van der Waals surface area (Å²) in [5.41, 5.74) is 5.64. The number of aliphatic imine (C=N–C) groups is 1. The second kappa shape index (κ2) is 10.6. The Morgan fingerprint density at radius 2 is 2.11 bits per heavy atom. The van der Waals surface area contributed by atoms with Crippen LogP contribution in [-0.4, -0.2) is 43.3 Å². The molecule has 152 valence electrons. The topological polar surface area (TPSA) is 80.0 Å². The minimum atomic E-state index is -4.74. The number of piperidine rings is 1. The highest BCUT2D eigenvalue weighted by molar-refractivity contribution is 14.0. The van der Waals surface area contributed by atoms with Crippen LogP contribution in [-0.2, 0) is 11.3 Å². The fourth-order valence-corrected chi connectivity index (χ4v) is 3.09. The summed E-state index contributed by atoms with van der Waals surface area (Å²) in [4.78, 5) is 17.3. The average Bonchev–Trinajstić information content (AvgIpc) is 2.55. The van der Waals surface area contributed by atoms with Crippen molar-refractivity contribution in [2.45, 2.75) is 32.2 Å². The predicted molar refractivity (Wildman–Crippen MR) is 107 cm³/mol. The molecule has 3 N–H and O–H groups in total. The molecule has 1 aliphatic heterocycles. The monoisotopic (exact) mass is 500 g/mol. The van der Waals surface area contributed by atoms with E-state index in [0.29, 0.717) is 24.5 Å². The largest absolute Gasteiger partial charge is 0.573 e. The van der Waals surface area contributed by atoms with Gasteiger partial charge in [-0.3, -0.25) is 9.79 Å². The molecule has 0 aliphatic carbocycles. The van der Waals surface area contributed by atoms with E-state index in [1.807, 2.05) is 4.90 Å². The Kier molecular flexibility index (Phi) is 9.13. The lowest BCUT2D eigenvalue weighted by molar-refractivity contribution is -0.274. The molecule has 6 nitrogen and oxygen atoms in total. The van der Waals surface area contributed by atoms with E-state index in [1.165, 1.54) is 12.1 Å². The third kappa shape index (κ3) is 7.81. The molecular weight excluding hydrogens is 476 g/mol. The number of benzene rings is 1. The van der Waals surface area contributed by atoms with Crippen LogP contribution < -0.4 is 15.8 Å². The summed E-state index contributed by atoms with van der Waals surface area (Å²) >= 11 is 0. The van der Waals surface area contributed by atoms with Gasteiger partial charge in [0.05, 0.1) is 0 Å². The summed E-state index contributed by atoms with van der Waals surface area (Å²) in [6.45, 7) is 1.52. The number of nitrogens with two attached hydrogens (primary N) is 1. The molecule has 1 amide bonds. The number of hydrogen-bond acceptors (Lipinski definition) is 3. The minimum absolute atomic E-state index is 0. The van der Waals surface area contributed by atoms with Crippen molar-refractivity contribution in [2.24, 2.45) is 16.6 Å². The minimum Gasteiger partial charge on any atom is -0.405 e. The van der Waals surface area contributed by atoms with E-state index in [4.69, 9.17) is 5.73 Å². The van der Waals surface area contributed by atoms with Gasteiger partial charge in [0.15, 0.2) is 5.96 Å². The molecular formula is C17H24F3IN4O2. The molecule has 1 fully saturated rings. The first-order valence-electron chi connectivity index (χ1n) is 8.36. The Labute approximate surface area is 173 Å². The number of guanidine groups is 1. The van der Waals surface area contributed by atoms with Crippen molar-refractivity contribution in [1.29, 1.82) is 0 Å². The molecule has 10 heteroatoms. The standard InChI is InChI=1S/C17H23F3N4O2.HI/c1-22-16(24-8-4-5-12(11-24)9-15(21)25)23-10-13-6-2-3-7-14(13)26-17(18,19)20;/h2-3,6-7,12H,4-5,8-11H2,1H3,(H2,21,25)(H,22,23);1H. The van der Waals surface area contributed by atoms with E-state index in [9.17, 15) is 18.0 Å². The number of amides is 1. The van der Waals surface area contributed by atoms with Gasteiger partial charge in [-0.1, -0.05) is 18.2 Å². The zero-order chi connectivity index (χ0) is 19.2. The molecule has 1 aromatic rings. The van der Waals surface area contributed by atoms with Crippen molar-refractivity contribution < 1.29 is 22.7 Å². The van der Waals surface area contributed by atoms with Gasteiger partial charge in [-0.05, 0) is 24.8 Å². The van der Waals surface area contributed by atoms with Crippen LogP contribution in [0.1, 0.15) is 24.8 Å². The van der Waals surface area contributed by atoms with Gasteiger partial charge in [0.1, 0.15) is 5.75 Å². The maximum atomic E-state index is 12.5. The third-order valence-corrected chi connectivity index (χ3v) is 4.16. The number of nitrogens with zero attached hydrogens (tertiary/aromatic N) is 2. The summed E-state index contributed by atoms with van der Waals surface area (Å²) in [5, 5.41) is 3.07. The number of nitrogens with one attached hydrogen (secondary N) is 1. The number of primary amides is 1. The van der Waals surface area contributed by atoms with E-state index >= 15 is 0 Å². The molecule has 1 aromatic carbocycles. The van der Waals surface area contributed by atoms with Crippen molar-refractivity contribution in [3.63, 3.8) is 0 Å². The number of carbonyl (C=O) groups excluding carboxylic acids is 1. The zero-order valence-electron chi connectivity index (χ0n) is 15.0. The smallest absolute Gasteiger partial charge is 0.405 e. The van der Waals surface area contributed by atoms with Crippen LogP contribution in [0.5, 0.6) is 5.75 Å². The second-order valence-electron chi connectivity index (χ2n) is 6.18. The van der Waals surface area contributed by atoms with Gasteiger partial charge >= 0.3 is 6.36 Å². The van der Waals surface area contributed by atoms with Crippen LogP contribution in [0.4, 0.5) is 13.2 Å². The number of para-hydroxylation sites is 1. The van der Waals surface area contributed by atoms with Crippen LogP contribution in [0.3, 0.4) is 0 Å². The van der Waals surface area contributed by atoms with E-state index in [-0.39, 0.29) is 48.1 Å². The van der Waals surface area contributed by atoms with Crippen molar-refractivity contribution >= 4 is 35.8 Å². The summed E-state index contributed by atoms with van der Waals surface area (Å²) in [5.74, 6) is 0.146. The molecule has 0 bridgehead atoms. The number of halogens is 4. The lowest BCUT2D eigenvalue weighted by Crippen LogP contribution is -2.47. The summed E-state index contributed by atoms with van der Waals surface area (Å²) in [6.07, 6.45) is -2.62. The molecule has 2 rings (SSSR count). The fourth-order valence-electron chi connectivity index (χ4n) is 3.09. The number of rotatable bonds is 5. The number of alkyl halides is 3. The van der Waals surface area contributed by atoms with Gasteiger partial charge in [-0.25, -0.2) is 0 Å². The Balaban J connectivity index is 0.00000364. The number of carbonyl (C=O) groups is 1. The molecule has 0 aromatic heterocycles. The molecule has 1 atom stereocenters. The fraction of sp³-hybridized carbons (Fsp3) is 0.529. The second-order valence-corrected chi connectivity index (χ2v) is 6.18. The first-order chi connectivity index (χ1) is 12.3. The molecule has 0 saturated carbocycles. The van der Waals surface area contributed by atoms with Crippen molar-refractivity contribution in [3.05, 3.63) is 29.8 Å². The summed E-state index contributed by atoms with van der Waals surface area (Å²) < 4.78 is 41.6. The van der Waals surface area contributed by atoms with Gasteiger partial charge in [0.2, 0.25) is 5.91 Å². The first-order valence-corrected chi connectivity index (χ1v) is 8.36. The highest BCUT2D eigenvalue weighted by Crippen LogP contribution is 2.26. The highest BCUT2D eigenvalue weighted by Gasteiger charge is 2.32. The summed E-state index contributed by atoms with van der Waals surface area (Å²) in [6, 6.07) is 5.97. The molecule has 0 spiro atoms. The molecule has 0 radical (unpaired) electrons. The van der Waals surface area contributed by atoms with Crippen LogP contribution in [0, 0.1) is 5.92 Å². The van der Waals surface area contributed by atoms with E-state index in [0.717, 1.165) is 19.4 Å². The van der Waals surface area contributed by atoms with Crippen molar-refractivity contribution in [1.82, 2.24) is 10.2 Å². The molecule has 27 heavy (non-hydrogen) atoms. The van der Waals surface area contributed by atoms with Crippen molar-refractivity contribution in [2.75, 3.05) is 20.1 Å². The molecule has 1 aliphatic rings. The quantitative estimate of drug-likeness (QED) is 0.371. The molecule has 1 saturated heterocycles. The maximum Gasteiger partial charge on any atom is 0.573 e. The van der Waals surface area contributed by atoms with Gasteiger partial charge in [0, 0.05) is 38.7 Å². The van der Waals surface area contributed by atoms with E-state index in [1.54, 1.807) is 19.2 Å². The number of hydrogen-bond donors (Lipinski definition) is 2. The van der Waals surface area contributed by atoms with Crippen LogP contribution in [0.25, 0.3) is 0 Å². The summed E-state index contributed by atoms with van der Waals surface area (Å²) in [7, 11) is 1.61. The van der Waals surface area contributed by atoms with Gasteiger partial charge in [0.25, 0.3) is 0 Å². The van der Waals surface area contributed by atoms with Gasteiger partial charge in [-0.2, -0.15) is 0 Å². The predicted octanol–water partition coefficient (Wildman–Crippen LogP) is 2.87. The van der Waals surface area contributed by atoms with Crippen LogP contribution >= 0.6 is 24.0 Å². The normalized spacial score (nSPS) is 17.9. The molecule has 1 unspecified atom stereocenters. The lowest BCUT2D eigenvalue weighted by atomic mass is 9.95. The van der Waals surface area contributed by atoms with E-state index < -0.39 is 6.36 Å². The molecule has 1 heterocycles. The average molecular weight is 500 g/mol. The SMILES string of the molecule is CN=C(NCc1ccccc1OC(F)(F)F)N1CCCC(CC(N)=O)C1.I. The maximum absolute atomic E-state index is 12.5. The Hall–Kier alpha value is -1.72. The third-order valence-electron chi connectivity index (χ3n) is 4.16. The highest BCUT2D eigenvalue weighted by atomic mass is 127. The van der Waals surface area contributed by atoms with E-state index in [2.05, 4.69) is 15.0 Å². The number of ether oxygens (including phenoxy) is 1. The lowest BCUT2D eigenvalue weighted by Gasteiger charge is -2.34. The van der Waals surface area contributed by atoms with Crippen LogP contribution in [0.2, 0.25) is 0 Å². The van der Waals surface area contributed by atoms with Crippen molar-refractivity contribution in [3.8, 4) is 5.75 Å².